The van der Waals surface area contributed by atoms with Gasteiger partial charge in [0.1, 0.15) is 0 Å². The number of phenolic OH excluding ortho intramolecular Hbond substituents is 1. The Kier molecular flexibility index (Phi) is 3.18. The Labute approximate surface area is 84.8 Å². The minimum absolute atomic E-state index is 0.221. The highest BCUT2D eigenvalue weighted by molar-refractivity contribution is 5.59. The van der Waals surface area contributed by atoms with E-state index in [0.717, 1.165) is 11.1 Å². The van der Waals surface area contributed by atoms with Crippen LogP contribution < -0.4 is 4.74 Å². The van der Waals surface area contributed by atoms with E-state index in [0.29, 0.717) is 5.75 Å². The van der Waals surface area contributed by atoms with Crippen LogP contribution in [0.25, 0.3) is 6.08 Å². The second kappa shape index (κ2) is 4.18. The van der Waals surface area contributed by atoms with Crippen LogP contribution in [0.2, 0.25) is 0 Å². The van der Waals surface area contributed by atoms with Gasteiger partial charge in [0.2, 0.25) is 0 Å². The summed E-state index contributed by atoms with van der Waals surface area (Å²) in [6.07, 6.45) is 2.05. The summed E-state index contributed by atoms with van der Waals surface area (Å²) in [5.41, 5.74) is 3.10. The zero-order chi connectivity index (χ0) is 10.7. The van der Waals surface area contributed by atoms with Crippen molar-refractivity contribution in [3.63, 3.8) is 0 Å². The number of aromatic hydroxyl groups is 1. The normalized spacial score (nSPS) is 9.71. The smallest absolute Gasteiger partial charge is 0.161 e. The van der Waals surface area contributed by atoms with Crippen LogP contribution in [0.5, 0.6) is 11.5 Å². The van der Waals surface area contributed by atoms with Gasteiger partial charge >= 0.3 is 0 Å². The molecule has 0 saturated carbocycles. The van der Waals surface area contributed by atoms with Crippen LogP contribution in [0.4, 0.5) is 0 Å². The minimum atomic E-state index is 0.221. The summed E-state index contributed by atoms with van der Waals surface area (Å²) < 4.78 is 5.07. The maximum atomic E-state index is 9.61. The van der Waals surface area contributed by atoms with E-state index >= 15 is 0 Å². The third-order valence-corrected chi connectivity index (χ3v) is 1.96. The fourth-order valence-electron chi connectivity index (χ4n) is 1.35. The number of allylic oxidation sites excluding steroid dienone is 1. The van der Waals surface area contributed by atoms with Crippen LogP contribution in [0.1, 0.15) is 25.0 Å². The van der Waals surface area contributed by atoms with Crippen molar-refractivity contribution >= 4 is 6.08 Å². The topological polar surface area (TPSA) is 29.5 Å². The summed E-state index contributed by atoms with van der Waals surface area (Å²) in [6, 6.07) is 3.76. The molecule has 1 aromatic carbocycles. The Morgan fingerprint density at radius 2 is 2.00 bits per heavy atom. The van der Waals surface area contributed by atoms with Gasteiger partial charge in [-0.25, -0.2) is 0 Å². The van der Waals surface area contributed by atoms with Crippen molar-refractivity contribution in [3.8, 4) is 11.5 Å². The zero-order valence-electron chi connectivity index (χ0n) is 9.09. The van der Waals surface area contributed by atoms with Gasteiger partial charge < -0.3 is 9.84 Å². The predicted octanol–water partition coefficient (Wildman–Crippen LogP) is 3.13. The van der Waals surface area contributed by atoms with E-state index in [2.05, 4.69) is 6.08 Å². The second-order valence-electron chi connectivity index (χ2n) is 3.61. The maximum absolute atomic E-state index is 9.61. The van der Waals surface area contributed by atoms with Crippen LogP contribution in [0, 0.1) is 6.92 Å². The molecule has 1 aromatic rings. The highest BCUT2D eigenvalue weighted by Gasteiger charge is 2.05. The number of hydrogen-bond acceptors (Lipinski definition) is 2. The molecule has 14 heavy (non-hydrogen) atoms. The van der Waals surface area contributed by atoms with E-state index in [1.54, 1.807) is 7.11 Å². The molecule has 2 nitrogen and oxygen atoms in total. The van der Waals surface area contributed by atoms with E-state index in [1.165, 1.54) is 5.57 Å². The number of benzene rings is 1. The number of rotatable bonds is 2. The van der Waals surface area contributed by atoms with E-state index in [-0.39, 0.29) is 5.75 Å². The lowest BCUT2D eigenvalue weighted by Gasteiger charge is -2.07. The quantitative estimate of drug-likeness (QED) is 0.780. The lowest BCUT2D eigenvalue weighted by Crippen LogP contribution is -1.87. The molecule has 0 atom stereocenters. The Morgan fingerprint density at radius 1 is 1.36 bits per heavy atom. The third kappa shape index (κ3) is 2.28. The van der Waals surface area contributed by atoms with Crippen molar-refractivity contribution in [1.82, 2.24) is 0 Å². The van der Waals surface area contributed by atoms with Crippen molar-refractivity contribution in [2.45, 2.75) is 20.8 Å². The number of ether oxygens (including phenoxy) is 1. The van der Waals surface area contributed by atoms with Gasteiger partial charge in [0, 0.05) is 0 Å². The number of aryl methyl sites for hydroxylation is 1. The van der Waals surface area contributed by atoms with Gasteiger partial charge in [0.25, 0.3) is 0 Å². The fourth-order valence-corrected chi connectivity index (χ4v) is 1.35. The Bertz CT molecular complexity index is 361. The molecule has 0 radical (unpaired) electrons. The molecule has 0 aromatic heterocycles. The summed E-state index contributed by atoms with van der Waals surface area (Å²) in [4.78, 5) is 0. The standard InChI is InChI=1S/C12H16O2/c1-8(2)5-10-6-9(3)12(13)11(7-10)14-4/h5-7,13H,1-4H3. The van der Waals surface area contributed by atoms with Crippen molar-refractivity contribution in [1.29, 1.82) is 0 Å². The average Bonchev–Trinajstić information content (AvgIpc) is 2.10. The Morgan fingerprint density at radius 3 is 2.50 bits per heavy atom. The molecule has 0 bridgehead atoms. The molecule has 0 aliphatic carbocycles. The third-order valence-electron chi connectivity index (χ3n) is 1.96. The van der Waals surface area contributed by atoms with Gasteiger partial charge in [-0.2, -0.15) is 0 Å². The van der Waals surface area contributed by atoms with E-state index in [4.69, 9.17) is 4.74 Å². The van der Waals surface area contributed by atoms with Crippen LogP contribution in [0.15, 0.2) is 17.7 Å². The number of hydrogen-bond donors (Lipinski definition) is 1. The molecular weight excluding hydrogens is 176 g/mol. The minimum Gasteiger partial charge on any atom is -0.504 e. The van der Waals surface area contributed by atoms with E-state index < -0.39 is 0 Å². The first-order chi connectivity index (χ1) is 6.54. The van der Waals surface area contributed by atoms with E-state index in [1.807, 2.05) is 32.9 Å². The molecule has 0 unspecified atom stereocenters. The summed E-state index contributed by atoms with van der Waals surface area (Å²) in [6.45, 7) is 5.93. The van der Waals surface area contributed by atoms with Crippen molar-refractivity contribution in [2.24, 2.45) is 0 Å². The van der Waals surface area contributed by atoms with Gasteiger partial charge in [0.05, 0.1) is 7.11 Å². The zero-order valence-corrected chi connectivity index (χ0v) is 9.09. The summed E-state index contributed by atoms with van der Waals surface area (Å²) in [7, 11) is 1.56. The highest BCUT2D eigenvalue weighted by atomic mass is 16.5. The average molecular weight is 192 g/mol. The summed E-state index contributed by atoms with van der Waals surface area (Å²) in [5.74, 6) is 0.746. The SMILES string of the molecule is COc1cc(C=C(C)C)cc(C)c1O. The van der Waals surface area contributed by atoms with Crippen molar-refractivity contribution in [3.05, 3.63) is 28.8 Å². The molecule has 2 heteroatoms. The lowest BCUT2D eigenvalue weighted by molar-refractivity contribution is 0.371. The van der Waals surface area contributed by atoms with Crippen molar-refractivity contribution in [2.75, 3.05) is 7.11 Å². The van der Waals surface area contributed by atoms with Crippen LogP contribution in [0.3, 0.4) is 0 Å². The van der Waals surface area contributed by atoms with Gasteiger partial charge in [-0.3, -0.25) is 0 Å². The Hall–Kier alpha value is -1.44. The van der Waals surface area contributed by atoms with Gasteiger partial charge in [-0.1, -0.05) is 11.6 Å². The van der Waals surface area contributed by atoms with Crippen LogP contribution >= 0.6 is 0 Å². The molecule has 1 N–H and O–H groups in total. The fraction of sp³-hybridized carbons (Fsp3) is 0.333. The maximum Gasteiger partial charge on any atom is 0.161 e. The predicted molar refractivity (Wildman–Crippen MR) is 58.7 cm³/mol. The molecule has 0 aliphatic rings. The molecule has 0 heterocycles. The monoisotopic (exact) mass is 192 g/mol. The lowest BCUT2D eigenvalue weighted by atomic mass is 10.1. The largest absolute Gasteiger partial charge is 0.504 e. The van der Waals surface area contributed by atoms with Crippen molar-refractivity contribution < 1.29 is 9.84 Å². The van der Waals surface area contributed by atoms with Crippen LogP contribution in [-0.2, 0) is 0 Å². The number of methoxy groups -OCH3 is 1. The first-order valence-electron chi connectivity index (χ1n) is 4.57. The molecule has 76 valence electrons. The van der Waals surface area contributed by atoms with Gasteiger partial charge in [0.15, 0.2) is 11.5 Å². The molecule has 0 spiro atoms. The molecule has 0 amide bonds. The number of phenols is 1. The molecule has 0 fully saturated rings. The molecular formula is C12H16O2. The molecule has 0 aliphatic heterocycles. The highest BCUT2D eigenvalue weighted by Crippen LogP contribution is 2.31. The summed E-state index contributed by atoms with van der Waals surface area (Å²) in [5, 5.41) is 9.61. The van der Waals surface area contributed by atoms with Gasteiger partial charge in [-0.15, -0.1) is 0 Å². The van der Waals surface area contributed by atoms with E-state index in [9.17, 15) is 5.11 Å². The second-order valence-corrected chi connectivity index (χ2v) is 3.61. The van der Waals surface area contributed by atoms with Crippen LogP contribution in [-0.4, -0.2) is 12.2 Å². The molecule has 1 rings (SSSR count). The first-order valence-corrected chi connectivity index (χ1v) is 4.57. The molecule has 0 saturated heterocycles. The summed E-state index contributed by atoms with van der Waals surface area (Å²) >= 11 is 0. The van der Waals surface area contributed by atoms with Gasteiger partial charge in [-0.05, 0) is 44.0 Å². The first kappa shape index (κ1) is 10.6. The Balaban J connectivity index is 3.23.